The van der Waals surface area contributed by atoms with E-state index >= 15 is 0 Å². The predicted octanol–water partition coefficient (Wildman–Crippen LogP) is 1.35. The molecule has 1 rings (SSSR count). The standard InChI is InChI=1S/C8H12N2O/c1-6(2)7-5-11-8(10-7)3-4-9/h6-7H,3,5H2,1-2H3. The van der Waals surface area contributed by atoms with E-state index in [1.807, 2.05) is 6.07 Å². The molecular weight excluding hydrogens is 140 g/mol. The van der Waals surface area contributed by atoms with Gasteiger partial charge in [-0.15, -0.1) is 0 Å². The lowest BCUT2D eigenvalue weighted by Gasteiger charge is -2.06. The molecule has 1 aliphatic rings. The van der Waals surface area contributed by atoms with Crippen molar-refractivity contribution < 1.29 is 4.74 Å². The van der Waals surface area contributed by atoms with E-state index in [1.165, 1.54) is 0 Å². The third-order valence-corrected chi connectivity index (χ3v) is 1.73. The molecule has 0 saturated carbocycles. The fourth-order valence-electron chi connectivity index (χ4n) is 0.947. The van der Waals surface area contributed by atoms with Gasteiger partial charge in [0, 0.05) is 0 Å². The Hall–Kier alpha value is -1.04. The normalized spacial score (nSPS) is 22.7. The molecule has 0 aromatic rings. The van der Waals surface area contributed by atoms with Gasteiger partial charge in [0.05, 0.1) is 12.1 Å². The molecule has 1 aliphatic heterocycles. The molecular formula is C8H12N2O. The summed E-state index contributed by atoms with van der Waals surface area (Å²) in [6, 6.07) is 2.28. The van der Waals surface area contributed by atoms with Crippen LogP contribution in [0.2, 0.25) is 0 Å². The lowest BCUT2D eigenvalue weighted by molar-refractivity contribution is 0.288. The van der Waals surface area contributed by atoms with Crippen molar-refractivity contribution in [2.45, 2.75) is 26.3 Å². The van der Waals surface area contributed by atoms with Gasteiger partial charge in [-0.2, -0.15) is 5.26 Å². The maximum atomic E-state index is 8.34. The van der Waals surface area contributed by atoms with Crippen molar-refractivity contribution in [2.75, 3.05) is 6.61 Å². The van der Waals surface area contributed by atoms with Crippen LogP contribution < -0.4 is 0 Å². The van der Waals surface area contributed by atoms with E-state index in [2.05, 4.69) is 18.8 Å². The number of nitriles is 1. The van der Waals surface area contributed by atoms with Crippen molar-refractivity contribution in [3.8, 4) is 6.07 Å². The minimum absolute atomic E-state index is 0.262. The second kappa shape index (κ2) is 3.38. The van der Waals surface area contributed by atoms with Gasteiger partial charge in [0.1, 0.15) is 13.0 Å². The summed E-state index contributed by atoms with van der Waals surface area (Å²) in [4.78, 5) is 4.25. The van der Waals surface area contributed by atoms with Crippen LogP contribution in [0.5, 0.6) is 0 Å². The van der Waals surface area contributed by atoms with Crippen molar-refractivity contribution in [1.82, 2.24) is 0 Å². The number of aliphatic imine (C=N–C) groups is 1. The van der Waals surface area contributed by atoms with Gasteiger partial charge in [-0.25, -0.2) is 4.99 Å². The Morgan fingerprint density at radius 1 is 1.82 bits per heavy atom. The van der Waals surface area contributed by atoms with E-state index in [9.17, 15) is 0 Å². The molecule has 0 bridgehead atoms. The summed E-state index contributed by atoms with van der Waals surface area (Å²) in [6.45, 7) is 4.86. The van der Waals surface area contributed by atoms with E-state index < -0.39 is 0 Å². The molecule has 0 radical (unpaired) electrons. The molecule has 11 heavy (non-hydrogen) atoms. The van der Waals surface area contributed by atoms with Gasteiger partial charge in [-0.05, 0) is 5.92 Å². The fraction of sp³-hybridized carbons (Fsp3) is 0.750. The summed E-state index contributed by atoms with van der Waals surface area (Å²) in [5, 5.41) is 8.34. The number of hydrogen-bond acceptors (Lipinski definition) is 3. The molecule has 0 aliphatic carbocycles. The minimum atomic E-state index is 0.262. The van der Waals surface area contributed by atoms with Crippen LogP contribution in [0.3, 0.4) is 0 Å². The maximum absolute atomic E-state index is 8.34. The second-order valence-electron chi connectivity index (χ2n) is 2.98. The molecule has 1 heterocycles. The lowest BCUT2D eigenvalue weighted by Crippen LogP contribution is -2.13. The van der Waals surface area contributed by atoms with Gasteiger partial charge in [-0.1, -0.05) is 13.8 Å². The molecule has 0 amide bonds. The molecule has 0 spiro atoms. The largest absolute Gasteiger partial charge is 0.478 e. The monoisotopic (exact) mass is 152 g/mol. The highest BCUT2D eigenvalue weighted by Gasteiger charge is 2.20. The summed E-state index contributed by atoms with van der Waals surface area (Å²) in [5.74, 6) is 1.11. The molecule has 0 aromatic carbocycles. The molecule has 1 atom stereocenters. The highest BCUT2D eigenvalue weighted by atomic mass is 16.5. The maximum Gasteiger partial charge on any atom is 0.198 e. The van der Waals surface area contributed by atoms with Crippen molar-refractivity contribution >= 4 is 5.90 Å². The van der Waals surface area contributed by atoms with E-state index in [-0.39, 0.29) is 6.04 Å². The SMILES string of the molecule is CC(C)C1COC(CC#N)=N1. The number of hydrogen-bond donors (Lipinski definition) is 0. The van der Waals surface area contributed by atoms with Crippen molar-refractivity contribution in [3.63, 3.8) is 0 Å². The second-order valence-corrected chi connectivity index (χ2v) is 2.98. The fourth-order valence-corrected chi connectivity index (χ4v) is 0.947. The highest BCUT2D eigenvalue weighted by molar-refractivity contribution is 5.79. The van der Waals surface area contributed by atoms with Crippen LogP contribution in [0, 0.1) is 17.2 Å². The lowest BCUT2D eigenvalue weighted by atomic mass is 10.1. The zero-order valence-electron chi connectivity index (χ0n) is 6.87. The Morgan fingerprint density at radius 3 is 3.00 bits per heavy atom. The van der Waals surface area contributed by atoms with Crippen LogP contribution in [0.25, 0.3) is 0 Å². The van der Waals surface area contributed by atoms with E-state index in [1.54, 1.807) is 0 Å². The van der Waals surface area contributed by atoms with Crippen molar-refractivity contribution in [3.05, 3.63) is 0 Å². The molecule has 0 saturated heterocycles. The Kier molecular flexibility index (Phi) is 2.48. The topological polar surface area (TPSA) is 45.4 Å². The van der Waals surface area contributed by atoms with Gasteiger partial charge >= 0.3 is 0 Å². The van der Waals surface area contributed by atoms with Crippen LogP contribution in [0.1, 0.15) is 20.3 Å². The predicted molar refractivity (Wildman–Crippen MR) is 42.2 cm³/mol. The van der Waals surface area contributed by atoms with E-state index in [0.717, 1.165) is 0 Å². The Morgan fingerprint density at radius 2 is 2.55 bits per heavy atom. The molecule has 3 heteroatoms. The quantitative estimate of drug-likeness (QED) is 0.599. The van der Waals surface area contributed by atoms with Crippen LogP contribution in [0.15, 0.2) is 4.99 Å². The molecule has 60 valence electrons. The average Bonchev–Trinajstić information content (AvgIpc) is 2.37. The van der Waals surface area contributed by atoms with Gasteiger partial charge in [0.15, 0.2) is 5.90 Å². The van der Waals surface area contributed by atoms with Crippen LogP contribution in [-0.4, -0.2) is 18.5 Å². The minimum Gasteiger partial charge on any atom is -0.478 e. The summed E-state index contributed by atoms with van der Waals surface area (Å²) in [7, 11) is 0. The zero-order chi connectivity index (χ0) is 8.27. The molecule has 0 aromatic heterocycles. The summed E-state index contributed by atoms with van der Waals surface area (Å²) in [5.41, 5.74) is 0. The smallest absolute Gasteiger partial charge is 0.198 e. The van der Waals surface area contributed by atoms with E-state index in [0.29, 0.717) is 24.8 Å². The number of ether oxygens (including phenoxy) is 1. The van der Waals surface area contributed by atoms with E-state index in [4.69, 9.17) is 10.00 Å². The third-order valence-electron chi connectivity index (χ3n) is 1.73. The summed E-state index contributed by atoms with van der Waals surface area (Å²) in [6.07, 6.45) is 0.309. The van der Waals surface area contributed by atoms with Crippen LogP contribution >= 0.6 is 0 Å². The highest BCUT2D eigenvalue weighted by Crippen LogP contribution is 2.14. The molecule has 1 unspecified atom stereocenters. The number of rotatable bonds is 2. The summed E-state index contributed by atoms with van der Waals surface area (Å²) >= 11 is 0. The van der Waals surface area contributed by atoms with Crippen molar-refractivity contribution in [2.24, 2.45) is 10.9 Å². The van der Waals surface area contributed by atoms with Gasteiger partial charge in [0.2, 0.25) is 0 Å². The van der Waals surface area contributed by atoms with Gasteiger partial charge < -0.3 is 4.74 Å². The molecule has 0 N–H and O–H groups in total. The Balaban J connectivity index is 2.48. The molecule has 3 nitrogen and oxygen atoms in total. The first-order valence-electron chi connectivity index (χ1n) is 3.80. The Labute approximate surface area is 66.7 Å². The average molecular weight is 152 g/mol. The molecule has 0 fully saturated rings. The zero-order valence-corrected chi connectivity index (χ0v) is 6.87. The third kappa shape index (κ3) is 1.94. The van der Waals surface area contributed by atoms with Gasteiger partial charge in [0.25, 0.3) is 0 Å². The van der Waals surface area contributed by atoms with Crippen molar-refractivity contribution in [1.29, 1.82) is 5.26 Å². The first kappa shape index (κ1) is 8.06. The first-order valence-corrected chi connectivity index (χ1v) is 3.80. The van der Waals surface area contributed by atoms with Crippen LogP contribution in [0.4, 0.5) is 0 Å². The van der Waals surface area contributed by atoms with Gasteiger partial charge in [-0.3, -0.25) is 0 Å². The Bertz CT molecular complexity index is 203. The van der Waals surface area contributed by atoms with Crippen LogP contribution in [-0.2, 0) is 4.74 Å². The first-order chi connectivity index (χ1) is 5.24. The summed E-state index contributed by atoms with van der Waals surface area (Å²) < 4.78 is 5.19. The number of nitrogens with zero attached hydrogens (tertiary/aromatic N) is 2.